The Hall–Kier alpha value is -1.98. The van der Waals surface area contributed by atoms with Crippen LogP contribution in [0.3, 0.4) is 0 Å². The summed E-state index contributed by atoms with van der Waals surface area (Å²) >= 11 is 0. The monoisotopic (exact) mass is 256 g/mol. The molecule has 0 unspecified atom stereocenters. The molecule has 0 radical (unpaired) electrons. The van der Waals surface area contributed by atoms with E-state index < -0.39 is 17.5 Å². The van der Waals surface area contributed by atoms with Gasteiger partial charge in [-0.05, 0) is 12.5 Å². The lowest BCUT2D eigenvalue weighted by Gasteiger charge is -2.00. The number of halogens is 3. The molecule has 0 amide bonds. The van der Waals surface area contributed by atoms with Gasteiger partial charge in [-0.15, -0.1) is 0 Å². The van der Waals surface area contributed by atoms with Crippen molar-refractivity contribution in [3.63, 3.8) is 0 Å². The highest BCUT2D eigenvalue weighted by molar-refractivity contribution is 5.78. The minimum absolute atomic E-state index is 0.0838. The number of aromatic amines is 1. The number of aromatic nitrogens is 2. The molecule has 0 aliphatic heterocycles. The number of nitrogens with one attached hydrogen (secondary N) is 1. The third-order valence-electron chi connectivity index (χ3n) is 2.46. The van der Waals surface area contributed by atoms with Crippen molar-refractivity contribution in [3.8, 4) is 0 Å². The third kappa shape index (κ3) is 1.94. The van der Waals surface area contributed by atoms with Gasteiger partial charge in [0.1, 0.15) is 5.52 Å². The Morgan fingerprint density at radius 1 is 1.39 bits per heavy atom. The molecule has 0 fully saturated rings. The quantitative estimate of drug-likeness (QED) is 0.675. The third-order valence-corrected chi connectivity index (χ3v) is 2.46. The van der Waals surface area contributed by atoms with E-state index >= 15 is 0 Å². The molecule has 0 saturated carbocycles. The molecule has 0 aliphatic carbocycles. The van der Waals surface area contributed by atoms with E-state index in [1.807, 2.05) is 6.92 Å². The zero-order chi connectivity index (χ0) is 13.3. The van der Waals surface area contributed by atoms with E-state index in [2.05, 4.69) is 9.97 Å². The first-order valence-corrected chi connectivity index (χ1v) is 5.36. The maximum atomic E-state index is 13.5. The summed E-state index contributed by atoms with van der Waals surface area (Å²) in [5, 5.41) is 0. The van der Waals surface area contributed by atoms with Gasteiger partial charge < -0.3 is 9.72 Å². The summed E-state index contributed by atoms with van der Waals surface area (Å²) in [4.78, 5) is 6.56. The van der Waals surface area contributed by atoms with E-state index in [0.29, 0.717) is 12.2 Å². The van der Waals surface area contributed by atoms with Gasteiger partial charge in [0.2, 0.25) is 0 Å². The molecule has 96 valence electrons. The normalized spacial score (nSPS) is 12.2. The predicted molar refractivity (Wildman–Crippen MR) is 61.2 cm³/mol. The summed E-state index contributed by atoms with van der Waals surface area (Å²) in [6.07, 6.45) is 2.41. The summed E-state index contributed by atoms with van der Waals surface area (Å²) in [7, 11) is 1.44. The van der Waals surface area contributed by atoms with Gasteiger partial charge in [-0.2, -0.15) is 0 Å². The van der Waals surface area contributed by atoms with Gasteiger partial charge >= 0.3 is 0 Å². The van der Waals surface area contributed by atoms with Crippen molar-refractivity contribution in [2.24, 2.45) is 0 Å². The van der Waals surface area contributed by atoms with Crippen molar-refractivity contribution in [2.45, 2.75) is 13.3 Å². The van der Waals surface area contributed by atoms with E-state index in [-0.39, 0.29) is 16.9 Å². The van der Waals surface area contributed by atoms with Crippen LogP contribution in [-0.4, -0.2) is 17.1 Å². The molecule has 2 aromatic rings. The van der Waals surface area contributed by atoms with Gasteiger partial charge in [0.05, 0.1) is 12.6 Å². The Labute approximate surface area is 101 Å². The first-order chi connectivity index (χ1) is 8.58. The number of rotatable bonds is 3. The highest BCUT2D eigenvalue weighted by atomic mass is 19.2. The lowest BCUT2D eigenvalue weighted by atomic mass is 10.3. The number of hydrogen-bond donors (Lipinski definition) is 1. The predicted octanol–water partition coefficient (Wildman–Crippen LogP) is 3.38. The number of fused-ring (bicyclic) bond motifs is 1. The van der Waals surface area contributed by atoms with Gasteiger partial charge in [0, 0.05) is 6.07 Å². The number of hydrogen-bond acceptors (Lipinski definition) is 2. The van der Waals surface area contributed by atoms with Gasteiger partial charge in [0.15, 0.2) is 29.0 Å². The summed E-state index contributed by atoms with van der Waals surface area (Å²) < 4.78 is 44.6. The molecule has 0 aliphatic rings. The number of methoxy groups -OCH3 is 1. The van der Waals surface area contributed by atoms with Crippen LogP contribution >= 0.6 is 0 Å². The van der Waals surface area contributed by atoms with Crippen molar-refractivity contribution < 1.29 is 17.9 Å². The first kappa shape index (κ1) is 12.5. The van der Waals surface area contributed by atoms with Crippen LogP contribution in [0.5, 0.6) is 0 Å². The lowest BCUT2D eigenvalue weighted by molar-refractivity contribution is 0.365. The van der Waals surface area contributed by atoms with Crippen LogP contribution in [-0.2, 0) is 4.74 Å². The summed E-state index contributed by atoms with van der Waals surface area (Å²) in [5.74, 6) is -3.46. The Morgan fingerprint density at radius 2 is 2.11 bits per heavy atom. The number of H-pyrrole nitrogens is 1. The van der Waals surface area contributed by atoms with Crippen LogP contribution < -0.4 is 0 Å². The Morgan fingerprint density at radius 3 is 2.72 bits per heavy atom. The van der Waals surface area contributed by atoms with Crippen molar-refractivity contribution in [2.75, 3.05) is 7.11 Å². The molecule has 1 N–H and O–H groups in total. The van der Waals surface area contributed by atoms with Crippen LogP contribution in [0.15, 0.2) is 12.1 Å². The topological polar surface area (TPSA) is 37.9 Å². The summed E-state index contributed by atoms with van der Waals surface area (Å²) in [5.41, 5.74) is -0.164. The molecule has 0 atom stereocenters. The van der Waals surface area contributed by atoms with Gasteiger partial charge in [-0.1, -0.05) is 6.92 Å². The van der Waals surface area contributed by atoms with Crippen molar-refractivity contribution in [3.05, 3.63) is 35.4 Å². The van der Waals surface area contributed by atoms with Crippen LogP contribution in [0.25, 0.3) is 16.8 Å². The number of ether oxygens (including phenoxy) is 1. The number of benzene rings is 1. The fourth-order valence-electron chi connectivity index (χ4n) is 1.64. The van der Waals surface area contributed by atoms with E-state index in [0.717, 1.165) is 6.07 Å². The molecular weight excluding hydrogens is 245 g/mol. The zero-order valence-electron chi connectivity index (χ0n) is 9.85. The maximum Gasteiger partial charge on any atom is 0.196 e. The Bertz CT molecular complexity index is 619. The average Bonchev–Trinajstić information content (AvgIpc) is 2.77. The molecule has 0 spiro atoms. The van der Waals surface area contributed by atoms with E-state index in [1.165, 1.54) is 7.11 Å². The second-order valence-corrected chi connectivity index (χ2v) is 3.65. The molecule has 1 aromatic carbocycles. The van der Waals surface area contributed by atoms with Gasteiger partial charge in [-0.3, -0.25) is 0 Å². The first-order valence-electron chi connectivity index (χ1n) is 5.36. The molecule has 3 nitrogen and oxygen atoms in total. The van der Waals surface area contributed by atoms with Crippen molar-refractivity contribution >= 4 is 16.8 Å². The molecule has 0 saturated heterocycles. The minimum Gasteiger partial charge on any atom is -0.493 e. The lowest BCUT2D eigenvalue weighted by Crippen LogP contribution is -1.91. The molecule has 18 heavy (non-hydrogen) atoms. The second kappa shape index (κ2) is 4.72. The summed E-state index contributed by atoms with van der Waals surface area (Å²) in [6, 6.07) is 0.865. The fraction of sp³-hybridized carbons (Fsp3) is 0.250. The highest BCUT2D eigenvalue weighted by Gasteiger charge is 2.18. The average molecular weight is 256 g/mol. The standard InChI is InChI=1S/C12H11F3N2O/c1-3-4-8(18-2)12-16-7-5-6(13)9(14)10(15)11(7)17-12/h4-5H,3H2,1-2H3,(H,16,17)/b8-4-. The molecule has 1 aromatic heterocycles. The largest absolute Gasteiger partial charge is 0.493 e. The fourth-order valence-corrected chi connectivity index (χ4v) is 1.64. The van der Waals surface area contributed by atoms with Crippen LogP contribution in [0.1, 0.15) is 19.2 Å². The van der Waals surface area contributed by atoms with Crippen LogP contribution in [0.2, 0.25) is 0 Å². The molecule has 0 bridgehead atoms. The molecular formula is C12H11F3N2O. The second-order valence-electron chi connectivity index (χ2n) is 3.65. The van der Waals surface area contributed by atoms with E-state index in [1.54, 1.807) is 6.08 Å². The summed E-state index contributed by atoms with van der Waals surface area (Å²) in [6.45, 7) is 1.89. The highest BCUT2D eigenvalue weighted by Crippen LogP contribution is 2.23. The van der Waals surface area contributed by atoms with Crippen LogP contribution in [0.4, 0.5) is 13.2 Å². The van der Waals surface area contributed by atoms with Crippen LogP contribution in [0, 0.1) is 17.5 Å². The molecule has 1 heterocycles. The minimum atomic E-state index is -1.53. The SMILES string of the molecule is CC/C=C(\OC)c1nc2c(F)c(F)c(F)cc2[nH]1. The van der Waals surface area contributed by atoms with Gasteiger partial charge in [-0.25, -0.2) is 18.2 Å². The van der Waals surface area contributed by atoms with Gasteiger partial charge in [0.25, 0.3) is 0 Å². The number of nitrogens with zero attached hydrogens (tertiary/aromatic N) is 1. The Balaban J connectivity index is 2.64. The number of imidazole rings is 1. The zero-order valence-corrected chi connectivity index (χ0v) is 9.85. The van der Waals surface area contributed by atoms with E-state index in [9.17, 15) is 13.2 Å². The van der Waals surface area contributed by atoms with Crippen molar-refractivity contribution in [1.82, 2.24) is 9.97 Å². The van der Waals surface area contributed by atoms with Crippen molar-refractivity contribution in [1.29, 1.82) is 0 Å². The molecule has 2 rings (SSSR count). The van der Waals surface area contributed by atoms with E-state index in [4.69, 9.17) is 4.74 Å². The molecule has 6 heteroatoms. The number of allylic oxidation sites excluding steroid dienone is 1. The maximum absolute atomic E-state index is 13.5. The smallest absolute Gasteiger partial charge is 0.196 e. The Kier molecular flexibility index (Phi) is 3.27.